The smallest absolute Gasteiger partial charge is 0.495 e. The zero-order valence-corrected chi connectivity index (χ0v) is 70.8. The van der Waals surface area contributed by atoms with Crippen LogP contribution in [0.5, 0.6) is 0 Å². The van der Waals surface area contributed by atoms with Crippen molar-refractivity contribution in [1.29, 1.82) is 0 Å². The molecule has 126 heavy (non-hydrogen) atoms. The van der Waals surface area contributed by atoms with Gasteiger partial charge in [-0.1, -0.05) is 55.3 Å². The Kier molecular flexibility index (Phi) is 24.3. The van der Waals surface area contributed by atoms with Crippen LogP contribution in [0.25, 0.3) is 107 Å². The van der Waals surface area contributed by atoms with Gasteiger partial charge in [-0.15, -0.1) is 0 Å². The number of pyridine rings is 3. The van der Waals surface area contributed by atoms with Crippen molar-refractivity contribution >= 4 is 105 Å². The van der Waals surface area contributed by atoms with Crippen molar-refractivity contribution in [3.63, 3.8) is 0 Å². The lowest BCUT2D eigenvalue weighted by Gasteiger charge is -2.62. The van der Waals surface area contributed by atoms with Crippen LogP contribution < -0.4 is 16.0 Å². The lowest BCUT2D eigenvalue weighted by atomic mass is 9.43. The van der Waals surface area contributed by atoms with Gasteiger partial charge in [0.15, 0.2) is 17.3 Å². The van der Waals surface area contributed by atoms with Crippen LogP contribution >= 0.6 is 11.6 Å². The van der Waals surface area contributed by atoms with E-state index in [1.54, 1.807) is 74.7 Å². The molecule has 10 aliphatic rings. The number of rotatable bonds is 22. The van der Waals surface area contributed by atoms with E-state index in [4.69, 9.17) is 39.1 Å². The second kappa shape index (κ2) is 35.3. The second-order valence-corrected chi connectivity index (χ2v) is 34.4. The highest BCUT2D eigenvalue weighted by molar-refractivity contribution is 6.54. The minimum atomic E-state index is -0.881. The van der Waals surface area contributed by atoms with Gasteiger partial charge < -0.3 is 38.5 Å². The molecule has 3 amide bonds. The summed E-state index contributed by atoms with van der Waals surface area (Å²) < 4.78 is 113. The van der Waals surface area contributed by atoms with E-state index < -0.39 is 59.9 Å². The highest BCUT2D eigenvalue weighted by Crippen LogP contribution is 2.68. The van der Waals surface area contributed by atoms with E-state index in [-0.39, 0.29) is 126 Å². The van der Waals surface area contributed by atoms with Gasteiger partial charge in [-0.25, -0.2) is 41.3 Å². The third kappa shape index (κ3) is 17.3. The summed E-state index contributed by atoms with van der Waals surface area (Å²) >= 11 is 6.50. The summed E-state index contributed by atoms with van der Waals surface area (Å²) in [5.41, 5.74) is 8.22. The van der Waals surface area contributed by atoms with Gasteiger partial charge in [0.1, 0.15) is 57.3 Å². The topological polar surface area (TPSA) is 272 Å². The van der Waals surface area contributed by atoms with Crippen LogP contribution in [-0.2, 0) is 25.3 Å². The summed E-state index contributed by atoms with van der Waals surface area (Å²) in [7, 11) is 5.30. The fourth-order valence-corrected chi connectivity index (χ4v) is 18.9. The van der Waals surface area contributed by atoms with E-state index in [0.717, 1.165) is 93.2 Å². The third-order valence-electron chi connectivity index (χ3n) is 25.1. The lowest BCUT2D eigenvalue weighted by Crippen LogP contribution is -2.52. The zero-order chi connectivity index (χ0) is 88.9. The van der Waals surface area contributed by atoms with Crippen molar-refractivity contribution in [2.75, 3.05) is 41.3 Å². The molecule has 28 heteroatoms. The largest absolute Gasteiger partial charge is 0.628 e. The van der Waals surface area contributed by atoms with Gasteiger partial charge in [-0.2, -0.15) is 0 Å². The molecule has 644 valence electrons. The molecule has 10 fully saturated rings. The molecule has 0 spiro atoms. The predicted molar refractivity (Wildman–Crippen MR) is 465 cm³/mol. The first kappa shape index (κ1) is 86.6. The van der Waals surface area contributed by atoms with E-state index in [9.17, 15) is 64.7 Å². The highest BCUT2D eigenvalue weighted by Gasteiger charge is 2.59. The molecule has 12 aromatic rings. The van der Waals surface area contributed by atoms with Gasteiger partial charge >= 0.3 is 19.1 Å². The van der Waals surface area contributed by atoms with Crippen molar-refractivity contribution in [2.45, 2.75) is 111 Å². The van der Waals surface area contributed by atoms with Crippen molar-refractivity contribution in [1.82, 2.24) is 35.8 Å². The zero-order valence-electron chi connectivity index (χ0n) is 70.0. The van der Waals surface area contributed by atoms with Crippen LogP contribution in [0.3, 0.4) is 0 Å². The maximum atomic E-state index is 14.9. The Balaban J connectivity index is 0.000000129. The van der Waals surface area contributed by atoms with Crippen LogP contribution in [0, 0.1) is 68.9 Å². The average molecular weight is 1730 g/mol. The summed E-state index contributed by atoms with van der Waals surface area (Å²) in [6, 6.07) is 35.6. The van der Waals surface area contributed by atoms with Crippen LogP contribution in [0.2, 0.25) is 5.15 Å². The van der Waals surface area contributed by atoms with Gasteiger partial charge in [0.25, 0.3) is 17.7 Å². The monoisotopic (exact) mass is 1730 g/mol. The molecule has 7 heterocycles. The number of carbonyl (C=O) groups is 8. The molecule has 20 nitrogen and oxygen atoms in total. The Morgan fingerprint density at radius 2 is 0.794 bits per heavy atom. The van der Waals surface area contributed by atoms with Crippen LogP contribution in [-0.4, -0.2) is 115 Å². The number of furan rings is 3. The van der Waals surface area contributed by atoms with Crippen LogP contribution in [0.1, 0.15) is 178 Å². The van der Waals surface area contributed by atoms with Crippen molar-refractivity contribution in [2.24, 2.45) is 34.0 Å². The highest BCUT2D eigenvalue weighted by atomic mass is 35.5. The van der Waals surface area contributed by atoms with Crippen molar-refractivity contribution in [3.05, 3.63) is 249 Å². The number of aromatic nitrogens is 3. The number of ketones is 3. The molecule has 0 unspecified atom stereocenters. The van der Waals surface area contributed by atoms with Gasteiger partial charge in [0, 0.05) is 73.8 Å². The number of allylic oxidation sites excluding steroid dienone is 2. The molecule has 6 bridgehead atoms. The fourth-order valence-electron chi connectivity index (χ4n) is 18.7. The molecule has 6 aromatic heterocycles. The Hall–Kier alpha value is -12.9. The fraction of sp³-hybridized carbons (Fsp3) is 0.296. The summed E-state index contributed by atoms with van der Waals surface area (Å²) in [5, 5.41) is 9.30. The molecule has 3 N–H and O–H groups in total. The quantitative estimate of drug-likeness (QED) is 0.0246. The molecule has 1 aliphatic heterocycles. The van der Waals surface area contributed by atoms with Crippen molar-refractivity contribution < 1.29 is 87.3 Å². The first-order valence-corrected chi connectivity index (χ1v) is 42.2. The summed E-state index contributed by atoms with van der Waals surface area (Å²) in [4.78, 5) is 116. The average Bonchev–Trinajstić information content (AvgIpc) is 1.11. The Labute approximate surface area is 726 Å². The van der Waals surface area contributed by atoms with E-state index >= 15 is 0 Å². The number of nitrogens with one attached hydrogen (secondary N) is 3. The Morgan fingerprint density at radius 1 is 0.460 bits per heavy atom. The molecule has 9 saturated carbocycles. The number of hydrogen-bond acceptors (Lipinski definition) is 17. The number of hydrogen-bond donors (Lipinski definition) is 3. The maximum Gasteiger partial charge on any atom is 0.628 e. The molecule has 1 saturated heterocycles. The van der Waals surface area contributed by atoms with Crippen LogP contribution in [0.15, 0.2) is 177 Å². The number of benzene rings is 6. The standard InChI is InChI=1S/C31H28F2N2O3.C31H26F2N2O3.C28H21ClF2N2O3.C8H12BNO4/c2*1-3-4-25-21(19-7-10-24(33)22(11-19)26(36)16-31-13-17(14-31)15-31)12-23-27(29(37)34-2)28(38-30(23)35-25)18-5-8-20(32)9-6-18;1-32-26(35)23-20-9-18(25(29)33-27(20)36-24(23)15-2-5-17(30)6-3-15)16-4-7-21(31)19(8-16)22(34)13-28-10-14(11-28)12-28;1-3-4-9-13-7(11)5-10(2)6-8(12)14-9/h5-12,17H,3-4,13-16H2,1-2H3,(H,34,37);3-12,17H,13-16H2,1-2H3,(H,34,37);2-9,14H,10-13H2,1H3,(H,32,35);3-4H,5-6H2,1-2H3/b;4-3+;;4-3+. The molecule has 0 radical (unpaired) electrons. The van der Waals surface area contributed by atoms with Gasteiger partial charge in [-0.05, 0) is 275 Å². The van der Waals surface area contributed by atoms with Crippen molar-refractivity contribution in [3.8, 4) is 67.4 Å². The first-order valence-electron chi connectivity index (χ1n) is 41.8. The number of fused-ring (bicyclic) bond motifs is 3. The second-order valence-electron chi connectivity index (χ2n) is 34.1. The molecule has 9 aliphatic carbocycles. The number of carbonyl (C=O) groups excluding carboxylic acids is 8. The van der Waals surface area contributed by atoms with Gasteiger partial charge in [0.05, 0.1) is 74.0 Å². The van der Waals surface area contributed by atoms with E-state index in [0.29, 0.717) is 97.8 Å². The molecule has 0 atom stereocenters. The Morgan fingerprint density at radius 3 is 1.13 bits per heavy atom. The minimum absolute atomic E-state index is 0.0270. The number of likely N-dealkylation sites (N-methyl/N-ethyl adjacent to an activating group) is 1. The number of amides is 3. The van der Waals surface area contributed by atoms with E-state index in [1.165, 1.54) is 123 Å². The summed E-state index contributed by atoms with van der Waals surface area (Å²) in [6.45, 7) is 5.83. The SMILES string of the molecule is C/C=C/B1OC(=O)CN(C)CC(=O)O1.C/C=C/c1nc2oc(-c3ccc(F)cc3)c(C(=O)NC)c2cc1-c1ccc(F)c(C(=O)CC23CC(C2)C3)c1.CCCc1nc2oc(-c3ccc(F)cc3)c(C(=O)NC)c2cc1-c1ccc(F)c(C(=O)CC23CC(C2)C3)c1.CNC(=O)c1c(-c2ccc(F)cc2)oc2nc(Cl)c(-c3ccc(F)c(C(=O)CC45CC(C4)C5)c3)cc12. The van der Waals surface area contributed by atoms with Crippen LogP contribution in [0.4, 0.5) is 26.3 Å². The summed E-state index contributed by atoms with van der Waals surface area (Å²) in [6.07, 6.45) is 17.3. The number of nitrogens with zero attached hydrogens (tertiary/aromatic N) is 4. The predicted octanol–water partition coefficient (Wildman–Crippen LogP) is 20.8. The number of halogens is 7. The Bertz CT molecular complexity index is 6410. The summed E-state index contributed by atoms with van der Waals surface area (Å²) in [5.74, 6) is -0.887. The first-order chi connectivity index (χ1) is 60.5. The van der Waals surface area contributed by atoms with Gasteiger partial charge in [-0.3, -0.25) is 43.3 Å². The minimum Gasteiger partial charge on any atom is -0.495 e. The lowest BCUT2D eigenvalue weighted by molar-refractivity contribution is -0.145. The molecular formula is C98H87BClF6N7O13. The third-order valence-corrected chi connectivity index (χ3v) is 25.4. The van der Waals surface area contributed by atoms with Gasteiger partial charge in [0.2, 0.25) is 17.1 Å². The maximum absolute atomic E-state index is 14.9. The molecule has 6 aromatic carbocycles. The molecule has 22 rings (SSSR count). The van der Waals surface area contributed by atoms with E-state index in [2.05, 4.69) is 25.9 Å². The number of Topliss-reactive ketones (excluding diaryl/α,β-unsaturated/α-hetero) is 3. The normalized spacial score (nSPS) is 19.9. The number of aryl methyl sites for hydroxylation is 1. The molecular weight excluding hydrogens is 1640 g/mol. The van der Waals surface area contributed by atoms with E-state index in [1.807, 2.05) is 26.0 Å².